The van der Waals surface area contributed by atoms with E-state index in [1.165, 1.54) is 13.2 Å². The van der Waals surface area contributed by atoms with Crippen molar-refractivity contribution in [3.63, 3.8) is 0 Å². The first-order chi connectivity index (χ1) is 10.5. The SMILES string of the molecule is COC(=O)c1cc(CN2C(=O)c3ccccc3C2=O)oc1C. The Morgan fingerprint density at radius 3 is 2.32 bits per heavy atom. The maximum Gasteiger partial charge on any atom is 0.341 e. The third-order valence-electron chi connectivity index (χ3n) is 3.57. The van der Waals surface area contributed by atoms with Crippen LogP contribution in [0.25, 0.3) is 0 Å². The Morgan fingerprint density at radius 2 is 1.77 bits per heavy atom. The highest BCUT2D eigenvalue weighted by molar-refractivity contribution is 6.21. The van der Waals surface area contributed by atoms with Gasteiger partial charge in [-0.15, -0.1) is 0 Å². The highest BCUT2D eigenvalue weighted by Gasteiger charge is 2.35. The lowest BCUT2D eigenvalue weighted by molar-refractivity contribution is 0.0594. The van der Waals surface area contributed by atoms with Crippen molar-refractivity contribution in [3.8, 4) is 0 Å². The number of carbonyl (C=O) groups is 3. The predicted molar refractivity (Wildman–Crippen MR) is 75.4 cm³/mol. The fraction of sp³-hybridized carbons (Fsp3) is 0.188. The zero-order valence-corrected chi connectivity index (χ0v) is 12.1. The van der Waals surface area contributed by atoms with Crippen molar-refractivity contribution >= 4 is 17.8 Å². The molecule has 112 valence electrons. The summed E-state index contributed by atoms with van der Waals surface area (Å²) in [6, 6.07) is 8.14. The second-order valence-electron chi connectivity index (χ2n) is 4.92. The second kappa shape index (κ2) is 5.14. The van der Waals surface area contributed by atoms with Crippen molar-refractivity contribution in [2.75, 3.05) is 7.11 Å². The Balaban J connectivity index is 1.88. The van der Waals surface area contributed by atoms with Crippen molar-refractivity contribution in [2.45, 2.75) is 13.5 Å². The minimum atomic E-state index is -0.519. The van der Waals surface area contributed by atoms with Crippen LogP contribution in [0.4, 0.5) is 0 Å². The smallest absolute Gasteiger partial charge is 0.341 e. The molecule has 2 amide bonds. The number of esters is 1. The Kier molecular flexibility index (Phi) is 3.29. The van der Waals surface area contributed by atoms with Gasteiger partial charge in [0.1, 0.15) is 17.1 Å². The van der Waals surface area contributed by atoms with Crippen LogP contribution in [0.2, 0.25) is 0 Å². The van der Waals surface area contributed by atoms with Crippen LogP contribution in [-0.2, 0) is 11.3 Å². The van der Waals surface area contributed by atoms with Gasteiger partial charge in [0.25, 0.3) is 11.8 Å². The van der Waals surface area contributed by atoms with Crippen LogP contribution in [0.15, 0.2) is 34.7 Å². The molecular weight excluding hydrogens is 286 g/mol. The summed E-state index contributed by atoms with van der Waals surface area (Å²) < 4.78 is 10.1. The molecule has 0 aliphatic carbocycles. The molecule has 0 saturated carbocycles. The Morgan fingerprint density at radius 1 is 1.18 bits per heavy atom. The maximum atomic E-state index is 12.3. The predicted octanol–water partition coefficient (Wildman–Crippen LogP) is 2.17. The first-order valence-corrected chi connectivity index (χ1v) is 6.65. The highest BCUT2D eigenvalue weighted by Crippen LogP contribution is 2.25. The zero-order valence-electron chi connectivity index (χ0n) is 12.1. The van der Waals surface area contributed by atoms with E-state index in [9.17, 15) is 14.4 Å². The van der Waals surface area contributed by atoms with Gasteiger partial charge in [0.15, 0.2) is 0 Å². The average molecular weight is 299 g/mol. The standard InChI is InChI=1S/C16H13NO5/c1-9-13(16(20)21-2)7-10(22-9)8-17-14(18)11-5-3-4-6-12(11)15(17)19/h3-7H,8H2,1-2H3. The minimum Gasteiger partial charge on any atom is -0.465 e. The lowest BCUT2D eigenvalue weighted by Crippen LogP contribution is -2.28. The van der Waals surface area contributed by atoms with Crippen molar-refractivity contribution < 1.29 is 23.5 Å². The number of ether oxygens (including phenoxy) is 1. The summed E-state index contributed by atoms with van der Waals surface area (Å²) in [4.78, 5) is 37.2. The number of rotatable bonds is 3. The van der Waals surface area contributed by atoms with Crippen LogP contribution >= 0.6 is 0 Å². The van der Waals surface area contributed by atoms with Crippen LogP contribution in [0.1, 0.15) is 42.6 Å². The van der Waals surface area contributed by atoms with Gasteiger partial charge in [-0.25, -0.2) is 4.79 Å². The van der Waals surface area contributed by atoms with E-state index in [4.69, 9.17) is 4.42 Å². The molecule has 0 atom stereocenters. The van der Waals surface area contributed by atoms with Gasteiger partial charge in [-0.1, -0.05) is 12.1 Å². The van der Waals surface area contributed by atoms with E-state index in [0.717, 1.165) is 4.90 Å². The number of methoxy groups -OCH3 is 1. The second-order valence-corrected chi connectivity index (χ2v) is 4.92. The molecule has 2 heterocycles. The van der Waals surface area contributed by atoms with Crippen LogP contribution in [0, 0.1) is 6.92 Å². The van der Waals surface area contributed by atoms with Crippen molar-refractivity contribution in [1.29, 1.82) is 0 Å². The molecule has 6 nitrogen and oxygen atoms in total. The van der Waals surface area contributed by atoms with Gasteiger partial charge in [0.05, 0.1) is 24.8 Å². The normalized spacial score (nSPS) is 13.5. The number of nitrogens with zero attached hydrogens (tertiary/aromatic N) is 1. The number of carbonyl (C=O) groups excluding carboxylic acids is 3. The summed E-state index contributed by atoms with van der Waals surface area (Å²) in [5.41, 5.74) is 1.04. The molecule has 0 N–H and O–H groups in total. The quantitative estimate of drug-likeness (QED) is 0.641. The number of hydrogen-bond donors (Lipinski definition) is 0. The zero-order chi connectivity index (χ0) is 15.9. The molecule has 1 aliphatic rings. The molecule has 0 radical (unpaired) electrons. The van der Waals surface area contributed by atoms with Gasteiger partial charge in [0.2, 0.25) is 0 Å². The largest absolute Gasteiger partial charge is 0.465 e. The van der Waals surface area contributed by atoms with E-state index in [1.54, 1.807) is 31.2 Å². The molecule has 1 aliphatic heterocycles. The lowest BCUT2D eigenvalue weighted by Gasteiger charge is -2.11. The van der Waals surface area contributed by atoms with Crippen LogP contribution in [0.5, 0.6) is 0 Å². The molecule has 3 rings (SSSR count). The number of furan rings is 1. The summed E-state index contributed by atoms with van der Waals surface area (Å²) in [5, 5.41) is 0. The van der Waals surface area contributed by atoms with Crippen molar-refractivity contribution in [3.05, 3.63) is 58.5 Å². The monoisotopic (exact) mass is 299 g/mol. The van der Waals surface area contributed by atoms with Crippen molar-refractivity contribution in [2.24, 2.45) is 0 Å². The molecule has 0 unspecified atom stereocenters. The van der Waals surface area contributed by atoms with E-state index in [0.29, 0.717) is 22.6 Å². The van der Waals surface area contributed by atoms with Gasteiger partial charge in [0, 0.05) is 0 Å². The molecule has 1 aromatic heterocycles. The molecular formula is C16H13NO5. The summed E-state index contributed by atoms with van der Waals surface area (Å²) in [6.07, 6.45) is 0. The third-order valence-corrected chi connectivity index (χ3v) is 3.57. The van der Waals surface area contributed by atoms with E-state index >= 15 is 0 Å². The van der Waals surface area contributed by atoms with Gasteiger partial charge < -0.3 is 9.15 Å². The maximum absolute atomic E-state index is 12.3. The van der Waals surface area contributed by atoms with E-state index in [1.807, 2.05) is 0 Å². The Bertz CT molecular complexity index is 755. The highest BCUT2D eigenvalue weighted by atomic mass is 16.5. The molecule has 0 bridgehead atoms. The summed E-state index contributed by atoms with van der Waals surface area (Å²) in [5.74, 6) is -0.510. The first kappa shape index (κ1) is 14.1. The Labute approximate surface area is 126 Å². The Hall–Kier alpha value is -2.89. The average Bonchev–Trinajstić information content (AvgIpc) is 3.01. The molecule has 0 spiro atoms. The fourth-order valence-electron chi connectivity index (χ4n) is 2.47. The van der Waals surface area contributed by atoms with Gasteiger partial charge in [-0.3, -0.25) is 14.5 Å². The summed E-state index contributed by atoms with van der Waals surface area (Å²) in [6.45, 7) is 1.60. The minimum absolute atomic E-state index is 0.0236. The molecule has 22 heavy (non-hydrogen) atoms. The van der Waals surface area contributed by atoms with E-state index in [-0.39, 0.29) is 23.9 Å². The lowest BCUT2D eigenvalue weighted by atomic mass is 10.1. The molecule has 1 aromatic carbocycles. The first-order valence-electron chi connectivity index (χ1n) is 6.65. The number of benzene rings is 1. The topological polar surface area (TPSA) is 76.8 Å². The molecule has 0 fully saturated rings. The van der Waals surface area contributed by atoms with Crippen molar-refractivity contribution in [1.82, 2.24) is 4.90 Å². The number of aryl methyl sites for hydroxylation is 1. The number of imide groups is 1. The third kappa shape index (κ3) is 2.09. The summed E-state index contributed by atoms with van der Waals surface area (Å²) >= 11 is 0. The van der Waals surface area contributed by atoms with Gasteiger partial charge in [-0.2, -0.15) is 0 Å². The van der Waals surface area contributed by atoms with Gasteiger partial charge in [-0.05, 0) is 25.1 Å². The van der Waals surface area contributed by atoms with E-state index < -0.39 is 5.97 Å². The molecule has 6 heteroatoms. The van der Waals surface area contributed by atoms with E-state index in [2.05, 4.69) is 4.74 Å². The van der Waals surface area contributed by atoms with Crippen LogP contribution in [-0.4, -0.2) is 29.8 Å². The number of fused-ring (bicyclic) bond motifs is 1. The van der Waals surface area contributed by atoms with Crippen LogP contribution < -0.4 is 0 Å². The fourth-order valence-corrected chi connectivity index (χ4v) is 2.47. The number of hydrogen-bond acceptors (Lipinski definition) is 5. The van der Waals surface area contributed by atoms with Crippen LogP contribution in [0.3, 0.4) is 0 Å². The number of amides is 2. The van der Waals surface area contributed by atoms with Gasteiger partial charge >= 0.3 is 5.97 Å². The summed E-state index contributed by atoms with van der Waals surface area (Å²) in [7, 11) is 1.28. The molecule has 0 saturated heterocycles. The molecule has 2 aromatic rings.